The predicted molar refractivity (Wildman–Crippen MR) is 60.5 cm³/mol. The number of ether oxygens (including phenoxy) is 1. The molecule has 0 aromatic heterocycles. The average Bonchev–Trinajstić information content (AvgIpc) is 2.42. The third-order valence-corrected chi connectivity index (χ3v) is 3.42. The van der Waals surface area contributed by atoms with E-state index in [9.17, 15) is 0 Å². The van der Waals surface area contributed by atoms with Crippen LogP contribution in [-0.4, -0.2) is 26.3 Å². The molecule has 0 radical (unpaired) electrons. The summed E-state index contributed by atoms with van der Waals surface area (Å²) >= 11 is 0. The van der Waals surface area contributed by atoms with E-state index < -0.39 is 0 Å². The molecule has 2 nitrogen and oxygen atoms in total. The summed E-state index contributed by atoms with van der Waals surface area (Å²) in [6.07, 6.45) is 4.08. The molecule has 2 atom stereocenters. The first kappa shape index (κ1) is 12.0. The van der Waals surface area contributed by atoms with Crippen molar-refractivity contribution >= 4 is 0 Å². The van der Waals surface area contributed by atoms with Crippen molar-refractivity contribution in [3.63, 3.8) is 0 Å². The van der Waals surface area contributed by atoms with Gasteiger partial charge in [0.25, 0.3) is 0 Å². The first-order valence-corrected chi connectivity index (χ1v) is 5.78. The Morgan fingerprint density at radius 1 is 1.50 bits per heavy atom. The SMILES string of the molecule is COCC(C)CNC1CCCC1(C)C. The maximum atomic E-state index is 5.13. The highest BCUT2D eigenvalue weighted by atomic mass is 16.5. The fourth-order valence-corrected chi connectivity index (χ4v) is 2.39. The highest BCUT2D eigenvalue weighted by Gasteiger charge is 2.33. The van der Waals surface area contributed by atoms with Gasteiger partial charge in [0.1, 0.15) is 0 Å². The van der Waals surface area contributed by atoms with E-state index >= 15 is 0 Å². The zero-order valence-electron chi connectivity index (χ0n) is 10.1. The summed E-state index contributed by atoms with van der Waals surface area (Å²) in [6.45, 7) is 8.93. The van der Waals surface area contributed by atoms with Gasteiger partial charge >= 0.3 is 0 Å². The van der Waals surface area contributed by atoms with Crippen molar-refractivity contribution in [1.29, 1.82) is 0 Å². The molecule has 2 unspecified atom stereocenters. The van der Waals surface area contributed by atoms with Gasteiger partial charge in [0.05, 0.1) is 0 Å². The minimum Gasteiger partial charge on any atom is -0.384 e. The molecule has 0 amide bonds. The van der Waals surface area contributed by atoms with Crippen LogP contribution in [0.25, 0.3) is 0 Å². The summed E-state index contributed by atoms with van der Waals surface area (Å²) in [4.78, 5) is 0. The van der Waals surface area contributed by atoms with Crippen LogP contribution in [0, 0.1) is 11.3 Å². The molecule has 1 aliphatic rings. The Bertz CT molecular complexity index is 168. The second-order valence-electron chi connectivity index (χ2n) is 5.40. The van der Waals surface area contributed by atoms with Gasteiger partial charge in [-0.05, 0) is 24.2 Å². The summed E-state index contributed by atoms with van der Waals surface area (Å²) in [5.74, 6) is 0.622. The van der Waals surface area contributed by atoms with Gasteiger partial charge in [-0.2, -0.15) is 0 Å². The van der Waals surface area contributed by atoms with E-state index in [1.807, 2.05) is 0 Å². The van der Waals surface area contributed by atoms with Crippen LogP contribution in [0.4, 0.5) is 0 Å². The number of rotatable bonds is 5. The molecule has 1 aliphatic carbocycles. The van der Waals surface area contributed by atoms with Gasteiger partial charge < -0.3 is 10.1 Å². The molecule has 1 N–H and O–H groups in total. The van der Waals surface area contributed by atoms with Crippen molar-refractivity contribution in [2.45, 2.75) is 46.1 Å². The molecule has 1 saturated carbocycles. The van der Waals surface area contributed by atoms with Gasteiger partial charge in [-0.1, -0.05) is 27.2 Å². The van der Waals surface area contributed by atoms with Crippen molar-refractivity contribution in [1.82, 2.24) is 5.32 Å². The minimum absolute atomic E-state index is 0.493. The molecule has 0 heterocycles. The summed E-state index contributed by atoms with van der Waals surface area (Å²) < 4.78 is 5.13. The lowest BCUT2D eigenvalue weighted by Gasteiger charge is -2.29. The van der Waals surface area contributed by atoms with Crippen LogP contribution in [0.5, 0.6) is 0 Å². The van der Waals surface area contributed by atoms with Crippen LogP contribution in [0.15, 0.2) is 0 Å². The molecule has 1 fully saturated rings. The largest absolute Gasteiger partial charge is 0.384 e. The average molecular weight is 199 g/mol. The maximum Gasteiger partial charge on any atom is 0.0499 e. The summed E-state index contributed by atoms with van der Waals surface area (Å²) in [5.41, 5.74) is 0.493. The Morgan fingerprint density at radius 3 is 2.71 bits per heavy atom. The molecule has 0 aromatic carbocycles. The van der Waals surface area contributed by atoms with Crippen molar-refractivity contribution in [3.8, 4) is 0 Å². The molecule has 0 aliphatic heterocycles. The van der Waals surface area contributed by atoms with E-state index in [4.69, 9.17) is 4.74 Å². The van der Waals surface area contributed by atoms with Crippen LogP contribution in [-0.2, 0) is 4.74 Å². The number of hydrogen-bond acceptors (Lipinski definition) is 2. The van der Waals surface area contributed by atoms with Crippen LogP contribution in [0.2, 0.25) is 0 Å². The molecule has 0 aromatic rings. The van der Waals surface area contributed by atoms with E-state index in [0.717, 1.165) is 13.2 Å². The van der Waals surface area contributed by atoms with Gasteiger partial charge in [0, 0.05) is 26.3 Å². The standard InChI is InChI=1S/C12H25NO/c1-10(9-14-4)8-13-11-6-5-7-12(11,2)3/h10-11,13H,5-9H2,1-4H3. The second-order valence-corrected chi connectivity index (χ2v) is 5.40. The predicted octanol–water partition coefficient (Wildman–Crippen LogP) is 2.44. The van der Waals surface area contributed by atoms with Gasteiger partial charge in [-0.25, -0.2) is 0 Å². The molecule has 2 heteroatoms. The van der Waals surface area contributed by atoms with Crippen molar-refractivity contribution in [2.75, 3.05) is 20.3 Å². The molecular weight excluding hydrogens is 174 g/mol. The van der Waals surface area contributed by atoms with E-state index in [-0.39, 0.29) is 0 Å². The Hall–Kier alpha value is -0.0800. The Balaban J connectivity index is 2.24. The monoisotopic (exact) mass is 199 g/mol. The quantitative estimate of drug-likeness (QED) is 0.734. The van der Waals surface area contributed by atoms with Crippen LogP contribution in [0.3, 0.4) is 0 Å². The smallest absolute Gasteiger partial charge is 0.0499 e. The van der Waals surface area contributed by atoms with Crippen molar-refractivity contribution < 1.29 is 4.74 Å². The van der Waals surface area contributed by atoms with E-state index in [0.29, 0.717) is 17.4 Å². The third kappa shape index (κ3) is 3.25. The van der Waals surface area contributed by atoms with Crippen LogP contribution in [0.1, 0.15) is 40.0 Å². The molecule has 0 bridgehead atoms. The highest BCUT2D eigenvalue weighted by Crippen LogP contribution is 2.37. The van der Waals surface area contributed by atoms with Gasteiger partial charge in [0.15, 0.2) is 0 Å². The number of methoxy groups -OCH3 is 1. The van der Waals surface area contributed by atoms with Gasteiger partial charge in [-0.3, -0.25) is 0 Å². The van der Waals surface area contributed by atoms with Crippen LogP contribution < -0.4 is 5.32 Å². The van der Waals surface area contributed by atoms with Crippen molar-refractivity contribution in [2.24, 2.45) is 11.3 Å². The number of hydrogen-bond donors (Lipinski definition) is 1. The fraction of sp³-hybridized carbons (Fsp3) is 1.00. The molecule has 1 rings (SSSR count). The lowest BCUT2D eigenvalue weighted by molar-refractivity contribution is 0.152. The normalized spacial score (nSPS) is 27.9. The zero-order valence-corrected chi connectivity index (χ0v) is 10.1. The lowest BCUT2D eigenvalue weighted by atomic mass is 9.87. The molecule has 84 valence electrons. The molecule has 0 saturated heterocycles. The summed E-state index contributed by atoms with van der Waals surface area (Å²) in [6, 6.07) is 0.710. The lowest BCUT2D eigenvalue weighted by Crippen LogP contribution is -2.40. The molecular formula is C12H25NO. The summed E-state index contributed by atoms with van der Waals surface area (Å²) in [5, 5.41) is 3.68. The topological polar surface area (TPSA) is 21.3 Å². The highest BCUT2D eigenvalue weighted by molar-refractivity contribution is 4.90. The summed E-state index contributed by atoms with van der Waals surface area (Å²) in [7, 11) is 1.77. The Labute approximate surface area is 88.4 Å². The number of nitrogens with one attached hydrogen (secondary N) is 1. The Kier molecular flexibility index (Phi) is 4.39. The first-order chi connectivity index (χ1) is 6.56. The van der Waals surface area contributed by atoms with Gasteiger partial charge in [0.2, 0.25) is 0 Å². The van der Waals surface area contributed by atoms with E-state index in [1.54, 1.807) is 7.11 Å². The van der Waals surface area contributed by atoms with Crippen molar-refractivity contribution in [3.05, 3.63) is 0 Å². The minimum atomic E-state index is 0.493. The second kappa shape index (κ2) is 5.13. The first-order valence-electron chi connectivity index (χ1n) is 5.78. The van der Waals surface area contributed by atoms with E-state index in [1.165, 1.54) is 19.3 Å². The fourth-order valence-electron chi connectivity index (χ4n) is 2.39. The van der Waals surface area contributed by atoms with E-state index in [2.05, 4.69) is 26.1 Å². The molecule has 0 spiro atoms. The molecule has 14 heavy (non-hydrogen) atoms. The zero-order chi connectivity index (χ0) is 10.6. The van der Waals surface area contributed by atoms with Crippen LogP contribution >= 0.6 is 0 Å². The maximum absolute atomic E-state index is 5.13. The Morgan fingerprint density at radius 2 is 2.21 bits per heavy atom. The third-order valence-electron chi connectivity index (χ3n) is 3.42. The van der Waals surface area contributed by atoms with Gasteiger partial charge in [-0.15, -0.1) is 0 Å².